The van der Waals surface area contributed by atoms with E-state index in [2.05, 4.69) is 9.83 Å². The average Bonchev–Trinajstić information content (AvgIpc) is 3.10. The van der Waals surface area contributed by atoms with Crippen LogP contribution in [0.1, 0.15) is 35.8 Å². The minimum Gasteiger partial charge on any atom is -0.461 e. The van der Waals surface area contributed by atoms with Gasteiger partial charge in [-0.2, -0.15) is 0 Å². The molecule has 17 heavy (non-hydrogen) atoms. The van der Waals surface area contributed by atoms with Crippen LogP contribution in [0, 0.1) is 6.57 Å². The summed E-state index contributed by atoms with van der Waals surface area (Å²) in [6.07, 6.45) is 3.20. The maximum absolute atomic E-state index is 11.5. The fraction of sp³-hybridized carbons (Fsp3) is 0.417. The molecule has 0 bridgehead atoms. The first-order valence-corrected chi connectivity index (χ1v) is 5.72. The van der Waals surface area contributed by atoms with Gasteiger partial charge in [0.1, 0.15) is 0 Å². The molecule has 0 aromatic carbocycles. The van der Waals surface area contributed by atoms with Crippen molar-refractivity contribution in [3.05, 3.63) is 40.0 Å². The Balaban J connectivity index is 2.30. The number of ether oxygens (including phenoxy) is 1. The number of hydrogen-bond acceptors (Lipinski definition) is 3. The van der Waals surface area contributed by atoms with Gasteiger partial charge < -0.3 is 9.58 Å². The zero-order valence-electron chi connectivity index (χ0n) is 9.36. The van der Waals surface area contributed by atoms with Crippen LogP contribution in [0.2, 0.25) is 5.02 Å². The summed E-state index contributed by atoms with van der Waals surface area (Å²) >= 11 is 5.98. The fourth-order valence-corrected chi connectivity index (χ4v) is 1.87. The zero-order valence-corrected chi connectivity index (χ0v) is 10.1. The average molecular weight is 251 g/mol. The van der Waals surface area contributed by atoms with E-state index in [1.54, 1.807) is 19.2 Å². The molecule has 2 rings (SSSR count). The standard InChI is InChI=1S/C12H11ClN2O2/c1-3-17-11(16)10-9(13)6-8(7-15-10)12(14-2)4-5-12/h6-7H,3-5H2,1H3. The predicted molar refractivity (Wildman–Crippen MR) is 62.7 cm³/mol. The summed E-state index contributed by atoms with van der Waals surface area (Å²) in [5, 5.41) is 0.246. The number of rotatable bonds is 3. The molecule has 1 aromatic heterocycles. The highest BCUT2D eigenvalue weighted by molar-refractivity contribution is 6.33. The molecular formula is C12H11ClN2O2. The lowest BCUT2D eigenvalue weighted by molar-refractivity contribution is 0.0519. The molecular weight excluding hydrogens is 240 g/mol. The molecule has 0 atom stereocenters. The van der Waals surface area contributed by atoms with Gasteiger partial charge in [0.2, 0.25) is 0 Å². The van der Waals surface area contributed by atoms with Crippen LogP contribution < -0.4 is 0 Å². The first kappa shape index (κ1) is 11.9. The van der Waals surface area contributed by atoms with Gasteiger partial charge in [-0.05, 0) is 13.0 Å². The monoisotopic (exact) mass is 250 g/mol. The first-order valence-electron chi connectivity index (χ1n) is 5.35. The largest absolute Gasteiger partial charge is 0.461 e. The van der Waals surface area contributed by atoms with E-state index in [1.807, 2.05) is 0 Å². The predicted octanol–water partition coefficient (Wildman–Crippen LogP) is 2.82. The molecule has 88 valence electrons. The number of hydrogen-bond donors (Lipinski definition) is 0. The number of nitrogens with zero attached hydrogens (tertiary/aromatic N) is 2. The quantitative estimate of drug-likeness (QED) is 0.612. The minimum atomic E-state index is -0.531. The molecule has 0 unspecified atom stereocenters. The summed E-state index contributed by atoms with van der Waals surface area (Å²) in [5.74, 6) is -0.531. The van der Waals surface area contributed by atoms with Crippen molar-refractivity contribution in [1.29, 1.82) is 0 Å². The number of carbonyl (C=O) groups is 1. The summed E-state index contributed by atoms with van der Waals surface area (Å²) in [7, 11) is 0. The third-order valence-electron chi connectivity index (χ3n) is 2.78. The molecule has 0 aliphatic heterocycles. The summed E-state index contributed by atoms with van der Waals surface area (Å²) in [6.45, 7) is 9.15. The second-order valence-corrected chi connectivity index (χ2v) is 4.33. The van der Waals surface area contributed by atoms with Gasteiger partial charge in [0, 0.05) is 19.0 Å². The van der Waals surface area contributed by atoms with E-state index in [0.717, 1.165) is 18.4 Å². The molecule has 1 aromatic rings. The van der Waals surface area contributed by atoms with Crippen LogP contribution in [0.25, 0.3) is 4.85 Å². The zero-order chi connectivity index (χ0) is 12.5. The second-order valence-electron chi connectivity index (χ2n) is 3.92. The Hall–Kier alpha value is -1.60. The lowest BCUT2D eigenvalue weighted by Gasteiger charge is -2.06. The van der Waals surface area contributed by atoms with Gasteiger partial charge in [0.05, 0.1) is 17.2 Å². The van der Waals surface area contributed by atoms with Gasteiger partial charge in [-0.15, -0.1) is 0 Å². The molecule has 0 amide bonds. The third-order valence-corrected chi connectivity index (χ3v) is 3.07. The molecule has 0 spiro atoms. The molecule has 0 N–H and O–H groups in total. The van der Waals surface area contributed by atoms with E-state index < -0.39 is 11.5 Å². The van der Waals surface area contributed by atoms with Crippen molar-refractivity contribution in [3.8, 4) is 0 Å². The Bertz CT molecular complexity index is 504. The highest BCUT2D eigenvalue weighted by Crippen LogP contribution is 2.49. The Morgan fingerprint density at radius 2 is 2.41 bits per heavy atom. The molecule has 1 saturated carbocycles. The Kier molecular flexibility index (Phi) is 3.03. The highest BCUT2D eigenvalue weighted by Gasteiger charge is 2.53. The van der Waals surface area contributed by atoms with Gasteiger partial charge in [-0.25, -0.2) is 16.4 Å². The summed E-state index contributed by atoms with van der Waals surface area (Å²) in [5.41, 5.74) is 0.438. The van der Waals surface area contributed by atoms with Gasteiger partial charge in [0.25, 0.3) is 5.54 Å². The van der Waals surface area contributed by atoms with E-state index in [-0.39, 0.29) is 17.3 Å². The molecule has 0 radical (unpaired) electrons. The number of pyridine rings is 1. The number of esters is 1. The molecule has 1 fully saturated rings. The number of halogens is 1. The molecule has 0 saturated heterocycles. The van der Waals surface area contributed by atoms with Crippen molar-refractivity contribution < 1.29 is 9.53 Å². The normalized spacial score (nSPS) is 16.1. The van der Waals surface area contributed by atoms with Gasteiger partial charge in [-0.1, -0.05) is 11.6 Å². The molecule has 4 nitrogen and oxygen atoms in total. The van der Waals surface area contributed by atoms with Crippen molar-refractivity contribution in [2.75, 3.05) is 6.61 Å². The molecule has 1 aliphatic carbocycles. The van der Waals surface area contributed by atoms with E-state index in [1.165, 1.54) is 0 Å². The second kappa shape index (κ2) is 4.34. The van der Waals surface area contributed by atoms with E-state index in [4.69, 9.17) is 22.9 Å². The lowest BCUT2D eigenvalue weighted by atomic mass is 10.1. The van der Waals surface area contributed by atoms with E-state index >= 15 is 0 Å². The Morgan fingerprint density at radius 3 is 2.88 bits per heavy atom. The van der Waals surface area contributed by atoms with Crippen molar-refractivity contribution in [3.63, 3.8) is 0 Å². The number of carbonyl (C=O) groups excluding carboxylic acids is 1. The van der Waals surface area contributed by atoms with Crippen LogP contribution in [0.4, 0.5) is 0 Å². The number of aromatic nitrogens is 1. The SMILES string of the molecule is [C-]#[N+]C1(c2cnc(C(=O)OCC)c(Cl)c2)CC1. The van der Waals surface area contributed by atoms with Crippen LogP contribution in [-0.4, -0.2) is 17.6 Å². The lowest BCUT2D eigenvalue weighted by Crippen LogP contribution is -2.10. The summed E-state index contributed by atoms with van der Waals surface area (Å²) in [6, 6.07) is 1.64. The van der Waals surface area contributed by atoms with Crippen LogP contribution in [0.3, 0.4) is 0 Å². The van der Waals surface area contributed by atoms with Crippen LogP contribution in [0.15, 0.2) is 12.3 Å². The van der Waals surface area contributed by atoms with Gasteiger partial charge >= 0.3 is 5.97 Å². The van der Waals surface area contributed by atoms with Crippen molar-refractivity contribution in [1.82, 2.24) is 4.98 Å². The topological polar surface area (TPSA) is 43.5 Å². The van der Waals surface area contributed by atoms with Gasteiger partial charge in [0.15, 0.2) is 5.69 Å². The van der Waals surface area contributed by atoms with Crippen LogP contribution in [-0.2, 0) is 10.3 Å². The van der Waals surface area contributed by atoms with Crippen molar-refractivity contribution in [2.24, 2.45) is 0 Å². The highest BCUT2D eigenvalue weighted by atomic mass is 35.5. The van der Waals surface area contributed by atoms with Gasteiger partial charge in [-0.3, -0.25) is 0 Å². The molecule has 1 aliphatic rings. The van der Waals surface area contributed by atoms with Crippen LogP contribution in [0.5, 0.6) is 0 Å². The Labute approximate surface area is 104 Å². The smallest absolute Gasteiger partial charge is 0.358 e. The third kappa shape index (κ3) is 2.11. The maximum Gasteiger partial charge on any atom is 0.358 e. The molecule has 5 heteroatoms. The Morgan fingerprint density at radius 1 is 1.71 bits per heavy atom. The van der Waals surface area contributed by atoms with Crippen LogP contribution >= 0.6 is 11.6 Å². The maximum atomic E-state index is 11.5. The van der Waals surface area contributed by atoms with Crippen molar-refractivity contribution in [2.45, 2.75) is 25.3 Å². The summed E-state index contributed by atoms with van der Waals surface area (Å²) in [4.78, 5) is 19.1. The fourth-order valence-electron chi connectivity index (χ4n) is 1.63. The first-order chi connectivity index (χ1) is 8.13. The van der Waals surface area contributed by atoms with Crippen molar-refractivity contribution >= 4 is 17.6 Å². The molecule has 1 heterocycles. The minimum absolute atomic E-state index is 0.109. The summed E-state index contributed by atoms with van der Waals surface area (Å²) < 4.78 is 4.83. The van der Waals surface area contributed by atoms with E-state index in [0.29, 0.717) is 0 Å². The van der Waals surface area contributed by atoms with E-state index in [9.17, 15) is 4.79 Å².